The number of nitrogens with one attached hydrogen (secondary N) is 2. The number of hydrogen-bond donors (Lipinski definition) is 2. The fourth-order valence-electron chi connectivity index (χ4n) is 1.91. The molecule has 1 aromatic carbocycles. The number of hydrogen-bond acceptors (Lipinski definition) is 4. The number of aromatic nitrogens is 1. The molecule has 0 aliphatic rings. The normalized spacial score (nSPS) is 11.0. The van der Waals surface area contributed by atoms with Crippen LogP contribution in [-0.4, -0.2) is 10.9 Å². The van der Waals surface area contributed by atoms with Crippen LogP contribution >= 0.6 is 15.9 Å². The van der Waals surface area contributed by atoms with Crippen molar-refractivity contribution in [3.63, 3.8) is 0 Å². The topological polar surface area (TPSA) is 77.8 Å². The van der Waals surface area contributed by atoms with Crippen molar-refractivity contribution in [3.05, 3.63) is 64.4 Å². The summed E-state index contributed by atoms with van der Waals surface area (Å²) in [6.45, 7) is 4.21. The third-order valence-electron chi connectivity index (χ3n) is 3.29. The molecule has 5 nitrogen and oxygen atoms in total. The summed E-state index contributed by atoms with van der Waals surface area (Å²) in [5.74, 6) is 0.492. The van der Waals surface area contributed by atoms with E-state index in [1.54, 1.807) is 12.3 Å². The highest BCUT2D eigenvalue weighted by atomic mass is 79.9. The Morgan fingerprint density at radius 1 is 1.25 bits per heavy atom. The van der Waals surface area contributed by atoms with E-state index < -0.39 is 5.91 Å². The Bertz CT molecular complexity index is 774. The van der Waals surface area contributed by atoms with Gasteiger partial charge < -0.3 is 10.6 Å². The van der Waals surface area contributed by atoms with Crippen molar-refractivity contribution < 1.29 is 4.79 Å². The predicted molar refractivity (Wildman–Crippen MR) is 98.4 cm³/mol. The highest BCUT2D eigenvalue weighted by Gasteiger charge is 2.09. The van der Waals surface area contributed by atoms with Gasteiger partial charge in [-0.25, -0.2) is 4.98 Å². The molecule has 0 atom stereocenters. The quantitative estimate of drug-likeness (QED) is 0.590. The molecule has 2 rings (SSSR count). The van der Waals surface area contributed by atoms with E-state index in [2.05, 4.69) is 45.4 Å². The Hall–Kier alpha value is -2.65. The number of nitrogens with zero attached hydrogens (tertiary/aromatic N) is 2. The van der Waals surface area contributed by atoms with E-state index in [4.69, 9.17) is 5.26 Å². The van der Waals surface area contributed by atoms with Gasteiger partial charge in [-0.1, -0.05) is 26.0 Å². The summed E-state index contributed by atoms with van der Waals surface area (Å²) in [4.78, 5) is 16.3. The minimum Gasteiger partial charge on any atom is -0.345 e. The maximum absolute atomic E-state index is 12.2. The molecule has 1 heterocycles. The summed E-state index contributed by atoms with van der Waals surface area (Å²) in [6.07, 6.45) is 2.96. The van der Waals surface area contributed by atoms with E-state index in [1.165, 1.54) is 11.8 Å². The van der Waals surface area contributed by atoms with Crippen LogP contribution < -0.4 is 10.6 Å². The van der Waals surface area contributed by atoms with Gasteiger partial charge in [0.15, 0.2) is 0 Å². The van der Waals surface area contributed by atoms with Crippen LogP contribution in [0.5, 0.6) is 0 Å². The number of pyridine rings is 1. The van der Waals surface area contributed by atoms with Crippen LogP contribution in [0.2, 0.25) is 0 Å². The average molecular weight is 385 g/mol. The average Bonchev–Trinajstić information content (AvgIpc) is 2.57. The van der Waals surface area contributed by atoms with Gasteiger partial charge in [0, 0.05) is 22.6 Å². The molecule has 122 valence electrons. The molecule has 0 radical (unpaired) electrons. The second kappa shape index (κ2) is 8.27. The van der Waals surface area contributed by atoms with Crippen LogP contribution in [0.4, 0.5) is 11.5 Å². The maximum Gasteiger partial charge on any atom is 0.267 e. The van der Waals surface area contributed by atoms with Crippen molar-refractivity contribution in [2.24, 2.45) is 0 Å². The molecule has 0 saturated carbocycles. The van der Waals surface area contributed by atoms with Gasteiger partial charge in [0.2, 0.25) is 0 Å². The number of nitriles is 1. The Kier molecular flexibility index (Phi) is 6.10. The first kappa shape index (κ1) is 17.7. The number of amides is 1. The molecular formula is C18H17BrN4O. The Labute approximate surface area is 149 Å². The first-order valence-electron chi connectivity index (χ1n) is 7.39. The number of carbonyl (C=O) groups is 1. The zero-order valence-electron chi connectivity index (χ0n) is 13.4. The number of rotatable bonds is 5. The molecule has 24 heavy (non-hydrogen) atoms. The Balaban J connectivity index is 2.04. The SMILES string of the molecule is CC(C)c1ccc(NC(=O)/C(C#N)=C\Nc2ccc(Br)cn2)cc1. The van der Waals surface area contributed by atoms with Crippen molar-refractivity contribution in [2.45, 2.75) is 19.8 Å². The van der Waals surface area contributed by atoms with Crippen LogP contribution in [0, 0.1) is 11.3 Å². The zero-order chi connectivity index (χ0) is 17.5. The zero-order valence-corrected chi connectivity index (χ0v) is 15.0. The van der Waals surface area contributed by atoms with Gasteiger partial charge in [0.25, 0.3) is 5.91 Å². The lowest BCUT2D eigenvalue weighted by atomic mass is 10.0. The van der Waals surface area contributed by atoms with Crippen molar-refractivity contribution in [1.29, 1.82) is 5.26 Å². The van der Waals surface area contributed by atoms with Crippen molar-refractivity contribution >= 4 is 33.3 Å². The number of carbonyl (C=O) groups excluding carboxylic acids is 1. The molecular weight excluding hydrogens is 368 g/mol. The minimum absolute atomic E-state index is 0.0346. The van der Waals surface area contributed by atoms with Crippen LogP contribution in [0.1, 0.15) is 25.3 Å². The summed E-state index contributed by atoms with van der Waals surface area (Å²) in [5.41, 5.74) is 1.80. The van der Waals surface area contributed by atoms with Crippen LogP contribution in [0.3, 0.4) is 0 Å². The van der Waals surface area contributed by atoms with Gasteiger partial charge in [-0.05, 0) is 51.7 Å². The van der Waals surface area contributed by atoms with Gasteiger partial charge in [-0.3, -0.25) is 4.79 Å². The predicted octanol–water partition coefficient (Wildman–Crippen LogP) is 4.43. The summed E-state index contributed by atoms with van der Waals surface area (Å²) < 4.78 is 0.847. The molecule has 6 heteroatoms. The van der Waals surface area contributed by atoms with Gasteiger partial charge in [-0.15, -0.1) is 0 Å². The van der Waals surface area contributed by atoms with Gasteiger partial charge >= 0.3 is 0 Å². The molecule has 1 amide bonds. The van der Waals surface area contributed by atoms with E-state index in [9.17, 15) is 4.79 Å². The lowest BCUT2D eigenvalue weighted by molar-refractivity contribution is -0.112. The molecule has 0 aliphatic carbocycles. The van der Waals surface area contributed by atoms with Crippen LogP contribution in [0.25, 0.3) is 0 Å². The highest BCUT2D eigenvalue weighted by Crippen LogP contribution is 2.17. The summed E-state index contributed by atoms with van der Waals surface area (Å²) in [6, 6.07) is 13.0. The van der Waals surface area contributed by atoms with Crippen LogP contribution in [-0.2, 0) is 4.79 Å². The van der Waals surface area contributed by atoms with Crippen molar-refractivity contribution in [1.82, 2.24) is 4.98 Å². The Morgan fingerprint density at radius 2 is 1.96 bits per heavy atom. The van der Waals surface area contributed by atoms with Gasteiger partial charge in [0.1, 0.15) is 17.5 Å². The first-order chi connectivity index (χ1) is 11.5. The second-order valence-electron chi connectivity index (χ2n) is 5.41. The van der Waals surface area contributed by atoms with E-state index in [1.807, 2.05) is 36.4 Å². The number of halogens is 1. The molecule has 2 N–H and O–H groups in total. The first-order valence-corrected chi connectivity index (χ1v) is 8.18. The largest absolute Gasteiger partial charge is 0.345 e. The monoisotopic (exact) mass is 384 g/mol. The van der Waals surface area contributed by atoms with E-state index in [0.717, 1.165) is 4.47 Å². The molecule has 0 fully saturated rings. The Morgan fingerprint density at radius 3 is 2.50 bits per heavy atom. The fourth-order valence-corrected chi connectivity index (χ4v) is 2.14. The molecule has 2 aromatic rings. The van der Waals surface area contributed by atoms with Gasteiger partial charge in [0.05, 0.1) is 0 Å². The van der Waals surface area contributed by atoms with E-state index >= 15 is 0 Å². The van der Waals surface area contributed by atoms with E-state index in [-0.39, 0.29) is 5.57 Å². The molecule has 0 bridgehead atoms. The number of benzene rings is 1. The maximum atomic E-state index is 12.2. The molecule has 0 saturated heterocycles. The summed E-state index contributed by atoms with van der Waals surface area (Å²) in [5, 5.41) is 14.7. The van der Waals surface area contributed by atoms with Crippen molar-refractivity contribution in [3.8, 4) is 6.07 Å². The number of anilines is 2. The smallest absolute Gasteiger partial charge is 0.267 e. The summed E-state index contributed by atoms with van der Waals surface area (Å²) in [7, 11) is 0. The van der Waals surface area contributed by atoms with Gasteiger partial charge in [-0.2, -0.15) is 5.26 Å². The lowest BCUT2D eigenvalue weighted by Gasteiger charge is -2.08. The third kappa shape index (κ3) is 4.93. The second-order valence-corrected chi connectivity index (χ2v) is 6.32. The summed E-state index contributed by atoms with van der Waals surface area (Å²) >= 11 is 3.29. The molecule has 0 unspecified atom stereocenters. The van der Waals surface area contributed by atoms with E-state index in [0.29, 0.717) is 17.4 Å². The minimum atomic E-state index is -0.473. The lowest BCUT2D eigenvalue weighted by Crippen LogP contribution is -2.14. The van der Waals surface area contributed by atoms with Crippen molar-refractivity contribution in [2.75, 3.05) is 10.6 Å². The molecule has 0 spiro atoms. The fraction of sp³-hybridized carbons (Fsp3) is 0.167. The molecule has 0 aliphatic heterocycles. The highest BCUT2D eigenvalue weighted by molar-refractivity contribution is 9.10. The standard InChI is InChI=1S/C18H17BrN4O/c1-12(2)13-3-6-16(7-4-13)23-18(24)14(9-20)10-21-17-8-5-15(19)11-22-17/h3-8,10-12H,1-2H3,(H,21,22)(H,23,24)/b14-10-. The van der Waals surface area contributed by atoms with Crippen LogP contribution in [0.15, 0.2) is 58.8 Å². The third-order valence-corrected chi connectivity index (χ3v) is 3.76. The molecule has 1 aromatic heterocycles.